The molecule has 7 heteroatoms. The lowest BCUT2D eigenvalue weighted by molar-refractivity contribution is -0.131. The fourth-order valence-electron chi connectivity index (χ4n) is 1.89. The summed E-state index contributed by atoms with van der Waals surface area (Å²) in [6, 6.07) is 4.46. The minimum atomic E-state index is -0.723. The Bertz CT molecular complexity index is 777. The number of carbonyl (C=O) groups is 2. The Hall–Kier alpha value is -2.34. The van der Waals surface area contributed by atoms with E-state index in [1.165, 1.54) is 26.2 Å². The molecule has 0 atom stereocenters. The van der Waals surface area contributed by atoms with Crippen LogP contribution in [0.4, 0.5) is 0 Å². The van der Waals surface area contributed by atoms with Crippen LogP contribution in [0.5, 0.6) is 11.5 Å². The Morgan fingerprint density at radius 3 is 2.57 bits per heavy atom. The van der Waals surface area contributed by atoms with Crippen LogP contribution in [0, 0.1) is 0 Å². The molecule has 0 N–H and O–H groups in total. The van der Waals surface area contributed by atoms with Crippen LogP contribution >= 0.6 is 11.6 Å². The molecule has 1 heterocycles. The van der Waals surface area contributed by atoms with E-state index in [1.54, 1.807) is 6.07 Å². The summed E-state index contributed by atoms with van der Waals surface area (Å²) >= 11 is 5.28. The van der Waals surface area contributed by atoms with E-state index in [0.29, 0.717) is 11.1 Å². The highest BCUT2D eigenvalue weighted by molar-refractivity contribution is 6.63. The number of hydrogen-bond acceptors (Lipinski definition) is 6. The van der Waals surface area contributed by atoms with Gasteiger partial charge in [-0.25, -0.2) is 4.79 Å². The third-order valence-electron chi connectivity index (χ3n) is 2.65. The lowest BCUT2D eigenvalue weighted by Crippen LogP contribution is -2.09. The number of esters is 1. The molecule has 21 heavy (non-hydrogen) atoms. The number of methoxy groups -OCH3 is 1. The second-order valence-corrected chi connectivity index (χ2v) is 4.64. The maximum atomic E-state index is 12.0. The van der Waals surface area contributed by atoms with Crippen molar-refractivity contribution in [3.05, 3.63) is 34.4 Å². The van der Waals surface area contributed by atoms with Gasteiger partial charge in [-0.1, -0.05) is 0 Å². The average molecular weight is 311 g/mol. The fraction of sp³-hybridized carbons (Fsp3) is 0.214. The summed E-state index contributed by atoms with van der Waals surface area (Å²) in [6.45, 7) is 1.22. The lowest BCUT2D eigenvalue weighted by Gasteiger charge is -2.09. The van der Waals surface area contributed by atoms with Crippen molar-refractivity contribution in [2.45, 2.75) is 13.3 Å². The minimum absolute atomic E-state index is 0.0364. The molecular weight excluding hydrogens is 300 g/mol. The Morgan fingerprint density at radius 2 is 2.00 bits per heavy atom. The molecule has 0 bridgehead atoms. The third kappa shape index (κ3) is 3.41. The van der Waals surface area contributed by atoms with E-state index in [4.69, 9.17) is 25.5 Å². The summed E-state index contributed by atoms with van der Waals surface area (Å²) in [5.41, 5.74) is -0.723. The fourth-order valence-corrected chi connectivity index (χ4v) is 2.03. The van der Waals surface area contributed by atoms with Crippen molar-refractivity contribution < 1.29 is 23.5 Å². The standard InChI is InChI=1S/C14H11ClO6/c1-7(16)20-11-5-9(19-2)3-8-4-10(6-12(15)17)21-14(18)13(8)11/h3-5H,6H2,1-2H3. The van der Waals surface area contributed by atoms with Crippen molar-refractivity contribution in [1.29, 1.82) is 0 Å². The van der Waals surface area contributed by atoms with Crippen molar-refractivity contribution in [2.24, 2.45) is 0 Å². The maximum Gasteiger partial charge on any atom is 0.347 e. The Kier molecular flexibility index (Phi) is 4.28. The van der Waals surface area contributed by atoms with E-state index in [0.717, 1.165) is 0 Å². The van der Waals surface area contributed by atoms with Crippen LogP contribution in [-0.2, 0) is 16.0 Å². The van der Waals surface area contributed by atoms with Crippen LogP contribution in [-0.4, -0.2) is 18.3 Å². The number of carbonyl (C=O) groups excluding carboxylic acids is 2. The number of ether oxygens (including phenoxy) is 2. The molecule has 0 aliphatic heterocycles. The van der Waals surface area contributed by atoms with Gasteiger partial charge in [-0.2, -0.15) is 0 Å². The van der Waals surface area contributed by atoms with Crippen LogP contribution in [0.25, 0.3) is 10.8 Å². The van der Waals surface area contributed by atoms with Gasteiger partial charge in [0.2, 0.25) is 5.24 Å². The first kappa shape index (κ1) is 15.1. The molecule has 0 unspecified atom stereocenters. The molecule has 0 aliphatic rings. The number of hydrogen-bond donors (Lipinski definition) is 0. The summed E-state index contributed by atoms with van der Waals surface area (Å²) < 4.78 is 15.1. The first-order valence-electron chi connectivity index (χ1n) is 5.92. The average Bonchev–Trinajstić information content (AvgIpc) is 2.35. The third-order valence-corrected chi connectivity index (χ3v) is 2.79. The molecule has 1 aromatic carbocycles. The SMILES string of the molecule is COc1cc(OC(C)=O)c2c(=O)oc(CC(=O)Cl)cc2c1. The zero-order valence-electron chi connectivity index (χ0n) is 11.3. The Morgan fingerprint density at radius 1 is 1.29 bits per heavy atom. The van der Waals surface area contributed by atoms with Crippen molar-refractivity contribution in [3.8, 4) is 11.5 Å². The highest BCUT2D eigenvalue weighted by Crippen LogP contribution is 2.30. The molecular formula is C14H11ClO6. The molecule has 0 aliphatic carbocycles. The van der Waals surface area contributed by atoms with E-state index in [1.807, 2.05) is 0 Å². The van der Waals surface area contributed by atoms with E-state index < -0.39 is 16.8 Å². The largest absolute Gasteiger partial charge is 0.497 e. The van der Waals surface area contributed by atoms with Crippen LogP contribution in [0.1, 0.15) is 12.7 Å². The van der Waals surface area contributed by atoms with Gasteiger partial charge in [0, 0.05) is 13.0 Å². The van der Waals surface area contributed by atoms with Gasteiger partial charge in [-0.3, -0.25) is 9.59 Å². The quantitative estimate of drug-likeness (QED) is 0.488. The minimum Gasteiger partial charge on any atom is -0.497 e. The van der Waals surface area contributed by atoms with E-state index in [9.17, 15) is 14.4 Å². The van der Waals surface area contributed by atoms with Crippen LogP contribution < -0.4 is 15.1 Å². The molecule has 2 rings (SSSR count). The molecule has 2 aromatic rings. The Balaban J connectivity index is 2.71. The molecule has 0 amide bonds. The van der Waals surface area contributed by atoms with E-state index in [2.05, 4.69) is 0 Å². The summed E-state index contributed by atoms with van der Waals surface area (Å²) in [6.07, 6.45) is -0.215. The lowest BCUT2D eigenvalue weighted by atomic mass is 10.1. The molecule has 110 valence electrons. The predicted molar refractivity (Wildman–Crippen MR) is 74.9 cm³/mol. The predicted octanol–water partition coefficient (Wildman–Crippen LogP) is 2.03. The second kappa shape index (κ2) is 5.97. The summed E-state index contributed by atoms with van der Waals surface area (Å²) in [5, 5.41) is -0.132. The molecule has 6 nitrogen and oxygen atoms in total. The molecule has 1 aromatic heterocycles. The van der Waals surface area contributed by atoms with E-state index in [-0.39, 0.29) is 23.3 Å². The smallest absolute Gasteiger partial charge is 0.347 e. The summed E-state index contributed by atoms with van der Waals surface area (Å²) in [7, 11) is 1.44. The van der Waals surface area contributed by atoms with Gasteiger partial charge in [0.1, 0.15) is 22.6 Å². The first-order valence-corrected chi connectivity index (χ1v) is 6.30. The highest BCUT2D eigenvalue weighted by atomic mass is 35.5. The van der Waals surface area contributed by atoms with Gasteiger partial charge in [-0.05, 0) is 29.1 Å². The van der Waals surface area contributed by atoms with Gasteiger partial charge in [0.25, 0.3) is 0 Å². The zero-order chi connectivity index (χ0) is 15.6. The second-order valence-electron chi connectivity index (χ2n) is 4.22. The van der Waals surface area contributed by atoms with E-state index >= 15 is 0 Å². The van der Waals surface area contributed by atoms with Crippen molar-refractivity contribution >= 4 is 33.6 Å². The van der Waals surface area contributed by atoms with Crippen molar-refractivity contribution in [3.63, 3.8) is 0 Å². The first-order chi connectivity index (χ1) is 9.90. The molecule has 0 saturated carbocycles. The van der Waals surface area contributed by atoms with Gasteiger partial charge >= 0.3 is 11.6 Å². The summed E-state index contributed by atoms with van der Waals surface area (Å²) in [5.74, 6) is -0.0275. The van der Waals surface area contributed by atoms with Crippen LogP contribution in [0.2, 0.25) is 0 Å². The van der Waals surface area contributed by atoms with Crippen LogP contribution in [0.15, 0.2) is 27.4 Å². The molecule has 0 saturated heterocycles. The monoisotopic (exact) mass is 310 g/mol. The maximum absolute atomic E-state index is 12.0. The van der Waals surface area contributed by atoms with Gasteiger partial charge in [0.05, 0.1) is 13.5 Å². The normalized spacial score (nSPS) is 10.4. The molecule has 0 radical (unpaired) electrons. The van der Waals surface area contributed by atoms with Crippen molar-refractivity contribution in [1.82, 2.24) is 0 Å². The zero-order valence-corrected chi connectivity index (χ0v) is 12.0. The number of benzene rings is 1. The van der Waals surface area contributed by atoms with Crippen molar-refractivity contribution in [2.75, 3.05) is 7.11 Å². The number of rotatable bonds is 4. The summed E-state index contributed by atoms with van der Waals surface area (Å²) in [4.78, 5) is 34.1. The number of fused-ring (bicyclic) bond motifs is 1. The molecule has 0 fully saturated rings. The Labute approximate surface area is 124 Å². The van der Waals surface area contributed by atoms with Crippen LogP contribution in [0.3, 0.4) is 0 Å². The number of halogens is 1. The molecule has 0 spiro atoms. The van der Waals surface area contributed by atoms with Gasteiger partial charge < -0.3 is 13.9 Å². The van der Waals surface area contributed by atoms with Gasteiger partial charge in [-0.15, -0.1) is 0 Å². The highest BCUT2D eigenvalue weighted by Gasteiger charge is 2.15. The topological polar surface area (TPSA) is 82.8 Å². The van der Waals surface area contributed by atoms with Gasteiger partial charge in [0.15, 0.2) is 0 Å².